The lowest BCUT2D eigenvalue weighted by Crippen LogP contribution is -2.10. The van der Waals surface area contributed by atoms with Crippen LogP contribution in [0.2, 0.25) is 5.02 Å². The molecule has 1 aromatic heterocycles. The van der Waals surface area contributed by atoms with Crippen molar-refractivity contribution in [3.63, 3.8) is 0 Å². The van der Waals surface area contributed by atoms with Crippen LogP contribution >= 0.6 is 23.4 Å². The second kappa shape index (κ2) is 9.70. The van der Waals surface area contributed by atoms with Gasteiger partial charge in [-0.15, -0.1) is 11.8 Å². The summed E-state index contributed by atoms with van der Waals surface area (Å²) in [6, 6.07) is 10.3. The number of carbonyl (C=O) groups is 1. The summed E-state index contributed by atoms with van der Waals surface area (Å²) in [5.41, 5.74) is 11.8. The summed E-state index contributed by atoms with van der Waals surface area (Å²) in [6.07, 6.45) is -1.34. The van der Waals surface area contributed by atoms with E-state index < -0.39 is 16.8 Å². The fourth-order valence-electron chi connectivity index (χ4n) is 3.02. The SMILES string of the molecule is CSc1cc(Oc2ccnc(N)c2N)ccc1CC(=O)Cc1ccc(Cl)c(C(F)(F)F)c1. The van der Waals surface area contributed by atoms with E-state index in [-0.39, 0.29) is 35.7 Å². The highest BCUT2D eigenvalue weighted by molar-refractivity contribution is 7.98. The molecule has 0 atom stereocenters. The Morgan fingerprint density at radius 2 is 1.88 bits per heavy atom. The number of aromatic nitrogens is 1. The lowest BCUT2D eigenvalue weighted by atomic mass is 10.0. The quantitative estimate of drug-likeness (QED) is 0.415. The molecule has 168 valence electrons. The number of alkyl halides is 3. The van der Waals surface area contributed by atoms with Crippen LogP contribution in [0, 0.1) is 0 Å². The van der Waals surface area contributed by atoms with Gasteiger partial charge in [0, 0.05) is 30.0 Å². The fraction of sp³-hybridized carbons (Fsp3) is 0.182. The Bertz CT molecular complexity index is 1160. The predicted molar refractivity (Wildman–Crippen MR) is 120 cm³/mol. The normalized spacial score (nSPS) is 11.4. The highest BCUT2D eigenvalue weighted by atomic mass is 35.5. The van der Waals surface area contributed by atoms with E-state index in [1.807, 2.05) is 6.26 Å². The number of pyridine rings is 1. The molecule has 0 saturated carbocycles. The summed E-state index contributed by atoms with van der Waals surface area (Å²) >= 11 is 7.06. The largest absolute Gasteiger partial charge is 0.455 e. The molecular weight excluding hydrogens is 463 g/mol. The molecule has 32 heavy (non-hydrogen) atoms. The molecule has 0 bridgehead atoms. The number of hydrogen-bond acceptors (Lipinski definition) is 6. The third-order valence-corrected chi connectivity index (χ3v) is 5.74. The maximum absolute atomic E-state index is 13.1. The van der Waals surface area contributed by atoms with Crippen LogP contribution in [-0.4, -0.2) is 17.0 Å². The zero-order chi connectivity index (χ0) is 23.5. The van der Waals surface area contributed by atoms with Gasteiger partial charge >= 0.3 is 6.18 Å². The van der Waals surface area contributed by atoms with E-state index in [0.29, 0.717) is 11.5 Å². The molecule has 1 heterocycles. The number of benzene rings is 2. The van der Waals surface area contributed by atoms with Crippen molar-refractivity contribution < 1.29 is 22.7 Å². The number of hydrogen-bond donors (Lipinski definition) is 2. The van der Waals surface area contributed by atoms with Crippen molar-refractivity contribution in [1.82, 2.24) is 4.98 Å². The lowest BCUT2D eigenvalue weighted by molar-refractivity contribution is -0.137. The molecule has 3 aromatic rings. The van der Waals surface area contributed by atoms with Crippen LogP contribution in [0.4, 0.5) is 24.7 Å². The van der Waals surface area contributed by atoms with E-state index in [1.54, 1.807) is 24.3 Å². The lowest BCUT2D eigenvalue weighted by Gasteiger charge is -2.13. The van der Waals surface area contributed by atoms with Crippen LogP contribution in [0.15, 0.2) is 53.6 Å². The van der Waals surface area contributed by atoms with Crippen LogP contribution < -0.4 is 16.2 Å². The maximum atomic E-state index is 13.1. The van der Waals surface area contributed by atoms with Crippen molar-refractivity contribution in [3.8, 4) is 11.5 Å². The Labute approximate surface area is 191 Å². The number of rotatable bonds is 7. The molecule has 0 aliphatic carbocycles. The minimum atomic E-state index is -4.58. The van der Waals surface area contributed by atoms with Crippen LogP contribution in [0.25, 0.3) is 0 Å². The molecular formula is C22H19ClF3N3O2S. The van der Waals surface area contributed by atoms with Crippen molar-refractivity contribution in [2.24, 2.45) is 0 Å². The van der Waals surface area contributed by atoms with E-state index >= 15 is 0 Å². The first-order chi connectivity index (χ1) is 15.1. The first-order valence-corrected chi connectivity index (χ1v) is 10.9. The summed E-state index contributed by atoms with van der Waals surface area (Å²) in [7, 11) is 0. The molecule has 0 aliphatic rings. The summed E-state index contributed by atoms with van der Waals surface area (Å²) in [4.78, 5) is 17.2. The standard InChI is InChI=1S/C22H19ClF3N3O2S/c1-32-19-11-15(31-18-6-7-29-21(28)20(18)27)4-3-13(19)10-14(30)8-12-2-5-17(23)16(9-12)22(24,25)26/h2-7,9,11H,8,10,27H2,1H3,(H2,28,29). The predicted octanol–water partition coefficient (Wildman–Crippen LogP) is 5.79. The molecule has 0 saturated heterocycles. The first kappa shape index (κ1) is 23.7. The molecule has 4 N–H and O–H groups in total. The molecule has 0 amide bonds. The van der Waals surface area contributed by atoms with Crippen molar-refractivity contribution >= 4 is 40.7 Å². The molecule has 0 unspecified atom stereocenters. The van der Waals surface area contributed by atoms with Crippen molar-refractivity contribution in [2.45, 2.75) is 23.9 Å². The highest BCUT2D eigenvalue weighted by Gasteiger charge is 2.33. The van der Waals surface area contributed by atoms with Gasteiger partial charge in [0.1, 0.15) is 23.0 Å². The number of nitrogens with two attached hydrogens (primary N) is 2. The summed E-state index contributed by atoms with van der Waals surface area (Å²) < 4.78 is 44.9. The molecule has 5 nitrogen and oxygen atoms in total. The minimum absolute atomic E-state index is 0.0603. The topological polar surface area (TPSA) is 91.2 Å². The molecule has 2 aromatic carbocycles. The Morgan fingerprint density at radius 3 is 2.56 bits per heavy atom. The van der Waals surface area contributed by atoms with E-state index in [9.17, 15) is 18.0 Å². The number of Topliss-reactive ketones (excluding diaryl/α,β-unsaturated/α-hetero) is 1. The number of nitrogen functional groups attached to an aromatic ring is 2. The van der Waals surface area contributed by atoms with Gasteiger partial charge < -0.3 is 16.2 Å². The molecule has 10 heteroatoms. The first-order valence-electron chi connectivity index (χ1n) is 9.30. The molecule has 3 rings (SSSR count). The number of ketones is 1. The average Bonchev–Trinajstić information content (AvgIpc) is 2.73. The molecule has 0 spiro atoms. The molecule has 0 radical (unpaired) electrons. The monoisotopic (exact) mass is 481 g/mol. The second-order valence-corrected chi connectivity index (χ2v) is 8.14. The Kier molecular flexibility index (Phi) is 7.20. The minimum Gasteiger partial charge on any atom is -0.455 e. The zero-order valence-corrected chi connectivity index (χ0v) is 18.4. The van der Waals surface area contributed by atoms with Gasteiger partial charge in [-0.3, -0.25) is 4.79 Å². The van der Waals surface area contributed by atoms with Crippen LogP contribution in [0.3, 0.4) is 0 Å². The van der Waals surface area contributed by atoms with Gasteiger partial charge in [0.05, 0.1) is 10.6 Å². The zero-order valence-electron chi connectivity index (χ0n) is 16.9. The van der Waals surface area contributed by atoms with E-state index in [2.05, 4.69) is 4.98 Å². The molecule has 0 aliphatic heterocycles. The van der Waals surface area contributed by atoms with Crippen LogP contribution in [-0.2, 0) is 23.8 Å². The van der Waals surface area contributed by atoms with Gasteiger partial charge in [0.15, 0.2) is 5.75 Å². The van der Waals surface area contributed by atoms with Gasteiger partial charge in [-0.1, -0.05) is 23.7 Å². The van der Waals surface area contributed by atoms with E-state index in [4.69, 9.17) is 27.8 Å². The van der Waals surface area contributed by atoms with E-state index in [1.165, 1.54) is 24.0 Å². The van der Waals surface area contributed by atoms with E-state index in [0.717, 1.165) is 22.6 Å². The van der Waals surface area contributed by atoms with Crippen LogP contribution in [0.5, 0.6) is 11.5 Å². The number of halogens is 4. The number of carbonyl (C=O) groups excluding carboxylic acids is 1. The van der Waals surface area contributed by atoms with Gasteiger partial charge in [0.2, 0.25) is 0 Å². The Balaban J connectivity index is 1.75. The molecule has 0 fully saturated rings. The Hall–Kier alpha value is -2.91. The van der Waals surface area contributed by atoms with Crippen molar-refractivity contribution in [3.05, 3.63) is 70.4 Å². The third-order valence-electron chi connectivity index (χ3n) is 4.59. The number of anilines is 2. The highest BCUT2D eigenvalue weighted by Crippen LogP contribution is 2.36. The van der Waals surface area contributed by atoms with Gasteiger partial charge in [-0.05, 0) is 41.6 Å². The summed E-state index contributed by atoms with van der Waals surface area (Å²) in [5, 5.41) is -0.398. The van der Waals surface area contributed by atoms with Gasteiger partial charge in [-0.2, -0.15) is 13.2 Å². The number of ether oxygens (including phenoxy) is 1. The van der Waals surface area contributed by atoms with Gasteiger partial charge in [-0.25, -0.2) is 4.98 Å². The van der Waals surface area contributed by atoms with Crippen molar-refractivity contribution in [1.29, 1.82) is 0 Å². The number of thioether (sulfide) groups is 1. The van der Waals surface area contributed by atoms with Crippen LogP contribution in [0.1, 0.15) is 16.7 Å². The van der Waals surface area contributed by atoms with Crippen molar-refractivity contribution in [2.75, 3.05) is 17.7 Å². The fourth-order valence-corrected chi connectivity index (χ4v) is 3.88. The second-order valence-electron chi connectivity index (χ2n) is 6.89. The maximum Gasteiger partial charge on any atom is 0.417 e. The summed E-state index contributed by atoms with van der Waals surface area (Å²) in [5.74, 6) is 0.785. The number of nitrogens with zero attached hydrogens (tertiary/aromatic N) is 1. The third kappa shape index (κ3) is 5.66. The smallest absolute Gasteiger partial charge is 0.417 e. The average molecular weight is 482 g/mol. The van der Waals surface area contributed by atoms with Gasteiger partial charge in [0.25, 0.3) is 0 Å². The Morgan fingerprint density at radius 1 is 1.12 bits per heavy atom. The summed E-state index contributed by atoms with van der Waals surface area (Å²) in [6.45, 7) is 0.